The Hall–Kier alpha value is -0.860. The maximum atomic E-state index is 5.55. The predicted octanol–water partition coefficient (Wildman–Crippen LogP) is 1.26. The van der Waals surface area contributed by atoms with E-state index in [4.69, 9.17) is 5.73 Å². The van der Waals surface area contributed by atoms with Crippen LogP contribution < -0.4 is 11.1 Å². The standard InChI is InChI=1S/C12H18N2/c13-6-4-10-2-1-3-11(8-10)12-5-7-14-9-12/h1-3,8,12,14H,4-7,9,13H2. The molecule has 1 fully saturated rings. The molecule has 0 bridgehead atoms. The van der Waals surface area contributed by atoms with Gasteiger partial charge in [-0.2, -0.15) is 0 Å². The molecule has 0 radical (unpaired) electrons. The van der Waals surface area contributed by atoms with Crippen LogP contribution in [0.25, 0.3) is 0 Å². The van der Waals surface area contributed by atoms with Crippen molar-refractivity contribution in [2.45, 2.75) is 18.8 Å². The van der Waals surface area contributed by atoms with Crippen molar-refractivity contribution in [1.82, 2.24) is 5.32 Å². The Labute approximate surface area is 85.5 Å². The lowest BCUT2D eigenvalue weighted by atomic mass is 9.96. The summed E-state index contributed by atoms with van der Waals surface area (Å²) in [5.41, 5.74) is 8.40. The Bertz CT molecular complexity index is 290. The molecule has 76 valence electrons. The summed E-state index contributed by atoms with van der Waals surface area (Å²) in [6.07, 6.45) is 2.26. The highest BCUT2D eigenvalue weighted by atomic mass is 14.9. The molecule has 1 aromatic carbocycles. The van der Waals surface area contributed by atoms with Gasteiger partial charge >= 0.3 is 0 Å². The first-order chi connectivity index (χ1) is 6.90. The van der Waals surface area contributed by atoms with Gasteiger partial charge in [-0.1, -0.05) is 24.3 Å². The molecule has 3 N–H and O–H groups in total. The molecule has 1 saturated heterocycles. The summed E-state index contributed by atoms with van der Waals surface area (Å²) in [4.78, 5) is 0. The number of benzene rings is 1. The minimum absolute atomic E-state index is 0.715. The molecule has 0 aliphatic carbocycles. The Morgan fingerprint density at radius 2 is 2.36 bits per heavy atom. The molecule has 2 heteroatoms. The molecule has 0 saturated carbocycles. The van der Waals surface area contributed by atoms with Crippen LogP contribution in [-0.2, 0) is 6.42 Å². The van der Waals surface area contributed by atoms with Crippen LogP contribution in [0.4, 0.5) is 0 Å². The molecule has 1 heterocycles. The molecular formula is C12H18N2. The van der Waals surface area contributed by atoms with E-state index in [2.05, 4.69) is 29.6 Å². The molecule has 0 amide bonds. The quantitative estimate of drug-likeness (QED) is 0.753. The van der Waals surface area contributed by atoms with Gasteiger partial charge < -0.3 is 11.1 Å². The van der Waals surface area contributed by atoms with Crippen molar-refractivity contribution >= 4 is 0 Å². The number of hydrogen-bond acceptors (Lipinski definition) is 2. The van der Waals surface area contributed by atoms with E-state index in [9.17, 15) is 0 Å². The van der Waals surface area contributed by atoms with Gasteiger partial charge in [0.05, 0.1) is 0 Å². The molecule has 1 atom stereocenters. The largest absolute Gasteiger partial charge is 0.330 e. The van der Waals surface area contributed by atoms with Gasteiger partial charge in [0.25, 0.3) is 0 Å². The van der Waals surface area contributed by atoms with Crippen molar-refractivity contribution in [3.63, 3.8) is 0 Å². The van der Waals surface area contributed by atoms with Crippen LogP contribution in [0, 0.1) is 0 Å². The molecule has 1 aromatic rings. The van der Waals surface area contributed by atoms with Gasteiger partial charge in [0.15, 0.2) is 0 Å². The first-order valence-corrected chi connectivity index (χ1v) is 5.40. The Morgan fingerprint density at radius 3 is 3.07 bits per heavy atom. The normalized spacial score (nSPS) is 21.4. The zero-order valence-corrected chi connectivity index (χ0v) is 8.50. The van der Waals surface area contributed by atoms with E-state index in [0.717, 1.165) is 26.1 Å². The third-order valence-corrected chi connectivity index (χ3v) is 2.92. The van der Waals surface area contributed by atoms with E-state index >= 15 is 0 Å². The van der Waals surface area contributed by atoms with Crippen LogP contribution in [0.2, 0.25) is 0 Å². The number of nitrogens with two attached hydrogens (primary N) is 1. The monoisotopic (exact) mass is 190 g/mol. The highest BCUT2D eigenvalue weighted by molar-refractivity contribution is 5.27. The third kappa shape index (κ3) is 2.14. The first kappa shape index (κ1) is 9.69. The van der Waals surface area contributed by atoms with Crippen molar-refractivity contribution in [3.8, 4) is 0 Å². The zero-order chi connectivity index (χ0) is 9.80. The Balaban J connectivity index is 2.12. The lowest BCUT2D eigenvalue weighted by Crippen LogP contribution is -2.08. The van der Waals surface area contributed by atoms with Gasteiger partial charge in [0.1, 0.15) is 0 Å². The van der Waals surface area contributed by atoms with Gasteiger partial charge in [-0.15, -0.1) is 0 Å². The van der Waals surface area contributed by atoms with Crippen molar-refractivity contribution in [2.75, 3.05) is 19.6 Å². The summed E-state index contributed by atoms with van der Waals surface area (Å²) in [5, 5.41) is 3.40. The van der Waals surface area contributed by atoms with Gasteiger partial charge in [-0.25, -0.2) is 0 Å². The summed E-state index contributed by atoms with van der Waals surface area (Å²) in [6.45, 7) is 3.03. The van der Waals surface area contributed by atoms with Crippen LogP contribution in [-0.4, -0.2) is 19.6 Å². The second-order valence-electron chi connectivity index (χ2n) is 3.97. The highest BCUT2D eigenvalue weighted by Crippen LogP contribution is 2.22. The second-order valence-corrected chi connectivity index (χ2v) is 3.97. The molecule has 1 unspecified atom stereocenters. The van der Waals surface area contributed by atoms with Gasteiger partial charge in [-0.3, -0.25) is 0 Å². The average Bonchev–Trinajstić information content (AvgIpc) is 2.71. The molecule has 2 nitrogen and oxygen atoms in total. The summed E-state index contributed by atoms with van der Waals surface area (Å²) >= 11 is 0. The van der Waals surface area contributed by atoms with Gasteiger partial charge in [0.2, 0.25) is 0 Å². The Morgan fingerprint density at radius 1 is 1.43 bits per heavy atom. The highest BCUT2D eigenvalue weighted by Gasteiger charge is 2.16. The lowest BCUT2D eigenvalue weighted by molar-refractivity contribution is 0.761. The molecule has 1 aliphatic rings. The van der Waals surface area contributed by atoms with E-state index in [1.165, 1.54) is 17.5 Å². The topological polar surface area (TPSA) is 38.0 Å². The molecule has 14 heavy (non-hydrogen) atoms. The zero-order valence-electron chi connectivity index (χ0n) is 8.50. The van der Waals surface area contributed by atoms with Crippen LogP contribution >= 0.6 is 0 Å². The van der Waals surface area contributed by atoms with Crippen molar-refractivity contribution in [3.05, 3.63) is 35.4 Å². The number of nitrogens with one attached hydrogen (secondary N) is 1. The van der Waals surface area contributed by atoms with E-state index in [0.29, 0.717) is 5.92 Å². The van der Waals surface area contributed by atoms with E-state index < -0.39 is 0 Å². The van der Waals surface area contributed by atoms with Crippen molar-refractivity contribution < 1.29 is 0 Å². The van der Waals surface area contributed by atoms with Crippen molar-refractivity contribution in [1.29, 1.82) is 0 Å². The minimum atomic E-state index is 0.715. The summed E-state index contributed by atoms with van der Waals surface area (Å²) < 4.78 is 0. The summed E-state index contributed by atoms with van der Waals surface area (Å²) in [7, 11) is 0. The first-order valence-electron chi connectivity index (χ1n) is 5.40. The van der Waals surface area contributed by atoms with Gasteiger partial charge in [0, 0.05) is 6.54 Å². The maximum Gasteiger partial charge on any atom is 0.00206 e. The predicted molar refractivity (Wildman–Crippen MR) is 59.4 cm³/mol. The second kappa shape index (κ2) is 4.58. The van der Waals surface area contributed by atoms with Crippen LogP contribution in [0.15, 0.2) is 24.3 Å². The number of rotatable bonds is 3. The van der Waals surface area contributed by atoms with Crippen LogP contribution in [0.3, 0.4) is 0 Å². The Kier molecular flexibility index (Phi) is 3.17. The van der Waals surface area contributed by atoms with E-state index in [1.54, 1.807) is 0 Å². The number of hydrogen-bond donors (Lipinski definition) is 2. The maximum absolute atomic E-state index is 5.55. The fraction of sp³-hybridized carbons (Fsp3) is 0.500. The fourth-order valence-corrected chi connectivity index (χ4v) is 2.11. The van der Waals surface area contributed by atoms with Crippen molar-refractivity contribution in [2.24, 2.45) is 5.73 Å². The van der Waals surface area contributed by atoms with E-state index in [-0.39, 0.29) is 0 Å². The summed E-state index contributed by atoms with van der Waals surface area (Å²) in [5.74, 6) is 0.715. The van der Waals surface area contributed by atoms with Gasteiger partial charge in [-0.05, 0) is 43.0 Å². The fourth-order valence-electron chi connectivity index (χ4n) is 2.11. The third-order valence-electron chi connectivity index (χ3n) is 2.92. The van der Waals surface area contributed by atoms with Crippen LogP contribution in [0.1, 0.15) is 23.5 Å². The molecule has 0 aromatic heterocycles. The molecule has 1 aliphatic heterocycles. The van der Waals surface area contributed by atoms with E-state index in [1.807, 2.05) is 0 Å². The molecule has 2 rings (SSSR count). The smallest absolute Gasteiger partial charge is 0.00206 e. The molecule has 0 spiro atoms. The SMILES string of the molecule is NCCc1cccc(C2CCNC2)c1. The average molecular weight is 190 g/mol. The molecular weight excluding hydrogens is 172 g/mol. The minimum Gasteiger partial charge on any atom is -0.330 e. The summed E-state index contributed by atoms with van der Waals surface area (Å²) in [6, 6.07) is 8.86. The van der Waals surface area contributed by atoms with Crippen LogP contribution in [0.5, 0.6) is 0 Å². The lowest BCUT2D eigenvalue weighted by Gasteiger charge is -2.10.